The quantitative estimate of drug-likeness (QED) is 0.0283. The predicted molar refractivity (Wildman–Crippen MR) is 347 cm³/mol. The lowest BCUT2D eigenvalue weighted by Crippen LogP contribution is -2.40. The number of fused-ring (bicyclic) bond motifs is 2. The molecule has 16 nitrogen and oxygen atoms in total. The minimum absolute atomic E-state index is 0. The third-order valence-corrected chi connectivity index (χ3v) is 16.7. The monoisotopic (exact) mass is 1210 g/mol. The molecule has 0 radical (unpaired) electrons. The summed E-state index contributed by atoms with van der Waals surface area (Å²) in [5.74, 6) is 2.37. The molecule has 20 heteroatoms. The van der Waals surface area contributed by atoms with Crippen molar-refractivity contribution in [1.82, 2.24) is 70.0 Å². The molecule has 8 heterocycles. The van der Waals surface area contributed by atoms with Gasteiger partial charge in [-0.05, 0) is 52.1 Å². The Morgan fingerprint density at radius 2 is 0.909 bits per heavy atom. The first-order valence-corrected chi connectivity index (χ1v) is 30.3. The van der Waals surface area contributed by atoms with E-state index in [9.17, 15) is 8.78 Å². The molecule has 0 saturated heterocycles. The van der Waals surface area contributed by atoms with Gasteiger partial charge in [0.05, 0.1) is 58.3 Å². The van der Waals surface area contributed by atoms with Gasteiger partial charge in [0.2, 0.25) is 0 Å². The summed E-state index contributed by atoms with van der Waals surface area (Å²) >= 11 is 3.08. The Bertz CT molecular complexity index is 4200. The number of thiazole rings is 2. The number of nitrogens with zero attached hydrogens (tertiary/aromatic N) is 11. The summed E-state index contributed by atoms with van der Waals surface area (Å²) < 4.78 is 30.4. The van der Waals surface area contributed by atoms with Crippen molar-refractivity contribution in [2.45, 2.75) is 51.7 Å². The van der Waals surface area contributed by atoms with Gasteiger partial charge in [-0.2, -0.15) is 0 Å². The van der Waals surface area contributed by atoms with Gasteiger partial charge in [0, 0.05) is 64.3 Å². The maximum absolute atomic E-state index is 14.2. The molecule has 0 aliphatic carbocycles. The van der Waals surface area contributed by atoms with Gasteiger partial charge in [-0.25, -0.2) is 48.7 Å². The van der Waals surface area contributed by atoms with Gasteiger partial charge in [-0.3, -0.25) is 9.97 Å². The highest BCUT2D eigenvalue weighted by atomic mass is 32.1. The van der Waals surface area contributed by atoms with Crippen LogP contribution in [0.3, 0.4) is 0 Å². The first-order chi connectivity index (χ1) is 43.0. The van der Waals surface area contributed by atoms with Gasteiger partial charge in [-0.15, -0.1) is 0 Å². The van der Waals surface area contributed by atoms with Crippen LogP contribution in [0.5, 0.6) is 0 Å². The number of H-pyrrole nitrogens is 1. The van der Waals surface area contributed by atoms with Crippen molar-refractivity contribution in [1.29, 1.82) is 0 Å². The summed E-state index contributed by atoms with van der Waals surface area (Å²) in [6, 6.07) is 58.8. The molecule has 0 unspecified atom stereocenters. The number of aromatic amines is 1. The smallest absolute Gasteiger partial charge is 0.157 e. The number of nitrogens with one attached hydrogen (secondary N) is 5. The Hall–Kier alpha value is -9.86. The fourth-order valence-corrected chi connectivity index (χ4v) is 12.3. The molecule has 5 N–H and O–H groups in total. The van der Waals surface area contributed by atoms with Gasteiger partial charge >= 0.3 is 0 Å². The van der Waals surface area contributed by atoms with Crippen LogP contribution in [0, 0.1) is 11.6 Å². The van der Waals surface area contributed by atoms with Crippen LogP contribution >= 0.6 is 22.7 Å². The van der Waals surface area contributed by atoms with E-state index >= 15 is 0 Å². The van der Waals surface area contributed by atoms with Crippen LogP contribution in [0.2, 0.25) is 0 Å². The summed E-state index contributed by atoms with van der Waals surface area (Å²) in [6.45, 7) is 3.48. The van der Waals surface area contributed by atoms with Gasteiger partial charge in [0.1, 0.15) is 62.2 Å². The molecule has 0 aliphatic heterocycles. The second kappa shape index (κ2) is 29.0. The van der Waals surface area contributed by atoms with Crippen molar-refractivity contribution < 1.29 is 8.78 Å². The SMILES string of the molecule is C.Fc1cccnc1CNc1ncnc2sc(CCNCCc3ncc(-c4ccccc4)[nH]3)nc12.Fc1cccnc1CNc1ncnc2sc(CCNCCc3ncc(-c4ccccc4)n3C(c3ccccc3)(c3ccccc3)c3ccccc3)nc12. The van der Waals surface area contributed by atoms with Crippen LogP contribution in [-0.2, 0) is 44.3 Å². The van der Waals surface area contributed by atoms with Crippen LogP contribution < -0.4 is 21.3 Å². The first-order valence-electron chi connectivity index (χ1n) is 28.6. The van der Waals surface area contributed by atoms with Crippen LogP contribution in [0.4, 0.5) is 20.4 Å². The number of benzene rings is 5. The summed E-state index contributed by atoms with van der Waals surface area (Å²) in [6.07, 6.45) is 13.1. The largest absolute Gasteiger partial charge is 0.362 e. The highest BCUT2D eigenvalue weighted by Crippen LogP contribution is 2.44. The van der Waals surface area contributed by atoms with Crippen LogP contribution in [-0.4, -0.2) is 85.6 Å². The maximum atomic E-state index is 14.2. The van der Waals surface area contributed by atoms with Crippen molar-refractivity contribution >= 4 is 55.0 Å². The Kier molecular flexibility index (Phi) is 19.7. The standard InChI is InChI=1S/C43H37FN8S.C24H23FN8S.CH4/c44-35-22-13-25-46-36(35)28-48-41-40-42(50-30-49-41)53-39(51-40)24-27-45-26-23-38-47-29-37(31-14-5-1-6-15-31)52(38)43(32-16-7-2-8-17-32,33-18-9-3-10-19-33)34-20-11-4-12-21-34;25-17-7-4-10-27-19(17)14-29-23-22-24(31-15-30-23)34-21(33-22)9-12-26-11-8-20-28-13-18(32-20)16-5-2-1-3-6-16;/h1-22,25,29-30,45H,23-24,26-28H2,(H,48,49,50);1-7,10,13,15,26H,8-9,11-12,14H2,(H,28,32)(H,29,30,31);1H4. The highest BCUT2D eigenvalue weighted by molar-refractivity contribution is 7.18. The molecule has 13 rings (SSSR count). The number of pyridine rings is 2. The molecule has 0 spiro atoms. The molecular formula is C68H64F2N16S2. The number of hydrogen-bond donors (Lipinski definition) is 5. The summed E-state index contributed by atoms with van der Waals surface area (Å²) in [5, 5.41) is 15.3. The van der Waals surface area contributed by atoms with Crippen molar-refractivity contribution in [3.05, 3.63) is 275 Å². The molecule has 0 bridgehead atoms. The van der Waals surface area contributed by atoms with Crippen molar-refractivity contribution in [3.8, 4) is 22.5 Å². The van der Waals surface area contributed by atoms with Crippen molar-refractivity contribution in [2.75, 3.05) is 36.8 Å². The Morgan fingerprint density at radius 3 is 1.40 bits per heavy atom. The van der Waals surface area contributed by atoms with E-state index in [1.807, 2.05) is 36.7 Å². The maximum Gasteiger partial charge on any atom is 0.157 e. The van der Waals surface area contributed by atoms with E-state index in [1.165, 1.54) is 24.8 Å². The minimum Gasteiger partial charge on any atom is -0.362 e. The van der Waals surface area contributed by atoms with Crippen molar-refractivity contribution in [2.24, 2.45) is 0 Å². The number of halogens is 2. The molecule has 0 atom stereocenters. The van der Waals surface area contributed by atoms with Gasteiger partial charge < -0.3 is 30.8 Å². The third-order valence-electron chi connectivity index (χ3n) is 14.6. The van der Waals surface area contributed by atoms with Crippen LogP contribution in [0.25, 0.3) is 43.2 Å². The minimum atomic E-state index is -0.698. The Labute approximate surface area is 516 Å². The number of imidazole rings is 2. The molecule has 0 fully saturated rings. The second-order valence-electron chi connectivity index (χ2n) is 20.2. The lowest BCUT2D eigenvalue weighted by molar-refractivity contribution is 0.492. The molecule has 0 aliphatic rings. The van der Waals surface area contributed by atoms with Crippen LogP contribution in [0.1, 0.15) is 57.2 Å². The van der Waals surface area contributed by atoms with Gasteiger partial charge in [-0.1, -0.05) is 182 Å². The zero-order chi connectivity index (χ0) is 59.0. The summed E-state index contributed by atoms with van der Waals surface area (Å²) in [7, 11) is 0. The third kappa shape index (κ3) is 13.9. The number of hydrogen-bond acceptors (Lipinski definition) is 16. The number of anilines is 2. The van der Waals surface area contributed by atoms with E-state index in [4.69, 9.17) is 15.0 Å². The Balaban J connectivity index is 0.000000197. The molecule has 8 aromatic heterocycles. The lowest BCUT2D eigenvalue weighted by Gasteiger charge is -2.40. The first kappa shape index (κ1) is 59.9. The number of aromatic nitrogens is 12. The molecule has 0 saturated carbocycles. The van der Waals surface area contributed by atoms with Crippen LogP contribution in [0.15, 0.2) is 213 Å². The second-order valence-corrected chi connectivity index (χ2v) is 22.3. The normalized spacial score (nSPS) is 11.3. The highest BCUT2D eigenvalue weighted by Gasteiger charge is 2.41. The Morgan fingerprint density at radius 1 is 0.455 bits per heavy atom. The molecule has 88 heavy (non-hydrogen) atoms. The molecule has 442 valence electrons. The van der Waals surface area contributed by atoms with E-state index in [-0.39, 0.29) is 32.2 Å². The molecule has 0 amide bonds. The lowest BCUT2D eigenvalue weighted by atomic mass is 9.76. The van der Waals surface area contributed by atoms with Gasteiger partial charge in [0.15, 0.2) is 11.6 Å². The van der Waals surface area contributed by atoms with E-state index in [2.05, 4.69) is 193 Å². The summed E-state index contributed by atoms with van der Waals surface area (Å²) in [4.78, 5) is 49.7. The van der Waals surface area contributed by atoms with E-state index in [0.717, 1.165) is 109 Å². The van der Waals surface area contributed by atoms with Crippen molar-refractivity contribution in [3.63, 3.8) is 0 Å². The van der Waals surface area contributed by atoms with E-state index in [1.54, 1.807) is 47.2 Å². The topological polar surface area (TPSA) is 198 Å². The molecule has 5 aromatic carbocycles. The number of rotatable bonds is 24. The average molecular weight is 1210 g/mol. The van der Waals surface area contributed by atoms with E-state index < -0.39 is 5.54 Å². The molecule has 13 aromatic rings. The summed E-state index contributed by atoms with van der Waals surface area (Å²) in [5.41, 5.74) is 9.10. The fraction of sp³-hybridized carbons (Fsp3) is 0.176. The van der Waals surface area contributed by atoms with Gasteiger partial charge in [0.25, 0.3) is 0 Å². The fourth-order valence-electron chi connectivity index (χ4n) is 10.5. The zero-order valence-electron chi connectivity index (χ0n) is 47.3. The predicted octanol–water partition coefficient (Wildman–Crippen LogP) is 12.9. The molecular weight excluding hydrogens is 1140 g/mol. The average Bonchev–Trinajstić information content (AvgIpc) is 1.63. The van der Waals surface area contributed by atoms with E-state index in [0.29, 0.717) is 47.0 Å². The zero-order valence-corrected chi connectivity index (χ0v) is 48.9.